The molecule has 1 aliphatic heterocycles. The second-order valence-electron chi connectivity index (χ2n) is 8.68. The van der Waals surface area contributed by atoms with E-state index < -0.39 is 37.0 Å². The van der Waals surface area contributed by atoms with E-state index in [1.807, 2.05) is 12.1 Å². The van der Waals surface area contributed by atoms with Crippen LogP contribution in [0.3, 0.4) is 0 Å². The Hall–Kier alpha value is -4.58. The van der Waals surface area contributed by atoms with E-state index in [2.05, 4.69) is 10.6 Å². The highest BCUT2D eigenvalue weighted by atomic mass is 16.4. The highest BCUT2D eigenvalue weighted by Crippen LogP contribution is 2.23. The Morgan fingerprint density at radius 3 is 2.38 bits per heavy atom. The first-order valence-corrected chi connectivity index (χ1v) is 12.2. The number of carbonyl (C=O) groups is 4. The van der Waals surface area contributed by atoms with Crippen LogP contribution in [0.25, 0.3) is 0 Å². The second-order valence-corrected chi connectivity index (χ2v) is 8.68. The number of anilines is 2. The summed E-state index contributed by atoms with van der Waals surface area (Å²) in [6.45, 7) is 0.287. The number of carboxylic acids is 1. The molecule has 1 atom stereocenters. The van der Waals surface area contributed by atoms with Gasteiger partial charge in [0.05, 0.1) is 6.61 Å². The zero-order chi connectivity index (χ0) is 28.4. The van der Waals surface area contributed by atoms with E-state index in [0.29, 0.717) is 23.4 Å². The number of aliphatic carboxylic acids is 1. The lowest BCUT2D eigenvalue weighted by molar-refractivity contribution is -0.135. The molecule has 0 saturated heterocycles. The molecule has 3 aromatic carbocycles. The van der Waals surface area contributed by atoms with E-state index in [1.54, 1.807) is 60.7 Å². The number of imide groups is 1. The summed E-state index contributed by atoms with van der Waals surface area (Å²) >= 11 is 0. The Kier molecular flexibility index (Phi) is 10.3. The number of rotatable bonds is 8. The third kappa shape index (κ3) is 7.95. The first kappa shape index (κ1) is 29.0. The van der Waals surface area contributed by atoms with Gasteiger partial charge in [-0.2, -0.15) is 0 Å². The van der Waals surface area contributed by atoms with Gasteiger partial charge < -0.3 is 27.0 Å². The van der Waals surface area contributed by atoms with Gasteiger partial charge >= 0.3 is 5.97 Å². The fraction of sp³-hybridized carbons (Fsp3) is 0.214. The first-order chi connectivity index (χ1) is 18.7. The molecule has 0 fully saturated rings. The van der Waals surface area contributed by atoms with Crippen LogP contribution in [-0.4, -0.2) is 59.6 Å². The average molecular weight is 534 g/mol. The van der Waals surface area contributed by atoms with Gasteiger partial charge in [0.1, 0.15) is 12.6 Å². The minimum absolute atomic E-state index is 0.328. The third-order valence-corrected chi connectivity index (χ3v) is 5.87. The van der Waals surface area contributed by atoms with E-state index in [0.717, 1.165) is 29.8 Å². The molecule has 3 amide bonds. The molecule has 0 unspecified atom stereocenters. The number of carboxylic acid groups (broad SMARTS) is 1. The molecular weight excluding hydrogens is 502 g/mol. The van der Waals surface area contributed by atoms with E-state index in [-0.39, 0.29) is 5.91 Å². The summed E-state index contributed by atoms with van der Waals surface area (Å²) in [6, 6.07) is 19.7. The van der Waals surface area contributed by atoms with E-state index in [4.69, 9.17) is 21.7 Å². The Morgan fingerprint density at radius 1 is 0.974 bits per heavy atom. The summed E-state index contributed by atoms with van der Waals surface area (Å²) in [5.74, 6) is -2.62. The SMILES string of the molecule is NCc1cccc(N(CC(=O)O)C(=O)c2ccccc2)c1.N[C@@H](CO)C(=O)NC(=O)c1ccc2c(c1)NCC2. The van der Waals surface area contributed by atoms with Crippen LogP contribution in [0.4, 0.5) is 11.4 Å². The number of nitrogens with zero attached hydrogens (tertiary/aromatic N) is 1. The van der Waals surface area contributed by atoms with Gasteiger partial charge in [0.15, 0.2) is 0 Å². The highest BCUT2D eigenvalue weighted by molar-refractivity contribution is 6.08. The number of fused-ring (bicyclic) bond motifs is 1. The van der Waals surface area contributed by atoms with Crippen molar-refractivity contribution in [1.29, 1.82) is 0 Å². The van der Waals surface area contributed by atoms with Gasteiger partial charge in [-0.15, -0.1) is 0 Å². The topological polar surface area (TPSA) is 188 Å². The molecule has 0 spiro atoms. The van der Waals surface area contributed by atoms with Crippen molar-refractivity contribution in [3.8, 4) is 0 Å². The molecule has 39 heavy (non-hydrogen) atoms. The van der Waals surface area contributed by atoms with Gasteiger partial charge in [0.25, 0.3) is 11.8 Å². The van der Waals surface area contributed by atoms with Crippen molar-refractivity contribution in [2.75, 3.05) is 29.9 Å². The van der Waals surface area contributed by atoms with E-state index in [9.17, 15) is 19.2 Å². The Balaban J connectivity index is 0.000000218. The summed E-state index contributed by atoms with van der Waals surface area (Å²) < 4.78 is 0. The molecule has 3 aromatic rings. The number of aliphatic hydroxyl groups is 1. The lowest BCUT2D eigenvalue weighted by Gasteiger charge is -2.21. The number of aliphatic hydroxyl groups excluding tert-OH is 1. The van der Waals surface area contributed by atoms with Crippen LogP contribution in [0.1, 0.15) is 31.8 Å². The lowest BCUT2D eigenvalue weighted by Crippen LogP contribution is -2.45. The van der Waals surface area contributed by atoms with Gasteiger partial charge in [0, 0.05) is 35.6 Å². The van der Waals surface area contributed by atoms with Gasteiger partial charge in [-0.1, -0.05) is 36.4 Å². The maximum Gasteiger partial charge on any atom is 0.323 e. The number of nitrogens with one attached hydrogen (secondary N) is 2. The van der Waals surface area contributed by atoms with Crippen molar-refractivity contribution in [2.45, 2.75) is 19.0 Å². The molecule has 204 valence electrons. The van der Waals surface area contributed by atoms with Gasteiger partial charge in [-0.25, -0.2) is 0 Å². The van der Waals surface area contributed by atoms with Gasteiger partial charge in [0.2, 0.25) is 5.91 Å². The smallest absolute Gasteiger partial charge is 0.323 e. The normalized spacial score (nSPS) is 12.2. The summed E-state index contributed by atoms with van der Waals surface area (Å²) in [5.41, 5.74) is 15.2. The number of benzene rings is 3. The van der Waals surface area contributed by atoms with Gasteiger partial charge in [-0.05, 0) is 53.9 Å². The summed E-state index contributed by atoms with van der Waals surface area (Å²) in [4.78, 5) is 47.9. The van der Waals surface area contributed by atoms with Crippen molar-refractivity contribution >= 4 is 35.1 Å². The van der Waals surface area contributed by atoms with Gasteiger partial charge in [-0.3, -0.25) is 29.4 Å². The monoisotopic (exact) mass is 533 g/mol. The minimum Gasteiger partial charge on any atom is -0.480 e. The van der Waals surface area contributed by atoms with E-state index >= 15 is 0 Å². The van der Waals surface area contributed by atoms with Crippen molar-refractivity contribution in [3.05, 3.63) is 95.1 Å². The van der Waals surface area contributed by atoms with Crippen molar-refractivity contribution in [2.24, 2.45) is 11.5 Å². The molecule has 1 aliphatic rings. The fourth-order valence-corrected chi connectivity index (χ4v) is 3.80. The number of carbonyl (C=O) groups excluding carboxylic acids is 3. The Bertz CT molecular complexity index is 1330. The van der Waals surface area contributed by atoms with Crippen LogP contribution in [-0.2, 0) is 22.6 Å². The summed E-state index contributed by atoms with van der Waals surface area (Å²) in [5, 5.41) is 23.1. The number of hydrogen-bond donors (Lipinski definition) is 6. The zero-order valence-corrected chi connectivity index (χ0v) is 21.2. The predicted molar refractivity (Wildman–Crippen MR) is 146 cm³/mol. The predicted octanol–water partition coefficient (Wildman–Crippen LogP) is 1.11. The lowest BCUT2D eigenvalue weighted by atomic mass is 10.1. The molecule has 0 saturated carbocycles. The van der Waals surface area contributed by atoms with Crippen LogP contribution in [0.5, 0.6) is 0 Å². The quantitative estimate of drug-likeness (QED) is 0.246. The standard InChI is InChI=1S/C16H16N2O3.C12H15N3O3/c17-10-12-5-4-8-14(9-12)18(11-15(19)20)16(21)13-6-2-1-3-7-13;13-9(6-16)12(18)15-11(17)8-2-1-7-3-4-14-10(7)5-8/h1-9H,10-11,17H2,(H,19,20);1-2,5,9,14,16H,3-4,6,13H2,(H,15,17,18)/t;9-/m.0/s1. The maximum atomic E-state index is 12.5. The minimum atomic E-state index is -1.08. The van der Waals surface area contributed by atoms with Crippen LogP contribution in [0.2, 0.25) is 0 Å². The van der Waals surface area contributed by atoms with Crippen molar-refractivity contribution < 1.29 is 29.4 Å². The highest BCUT2D eigenvalue weighted by Gasteiger charge is 2.21. The van der Waals surface area contributed by atoms with Crippen LogP contribution < -0.4 is 27.0 Å². The molecule has 0 radical (unpaired) electrons. The molecule has 11 nitrogen and oxygen atoms in total. The Labute approximate surface area is 225 Å². The molecule has 0 bridgehead atoms. The number of nitrogens with two attached hydrogens (primary N) is 2. The van der Waals surface area contributed by atoms with Crippen LogP contribution in [0.15, 0.2) is 72.8 Å². The van der Waals surface area contributed by atoms with Crippen LogP contribution in [0, 0.1) is 0 Å². The first-order valence-electron chi connectivity index (χ1n) is 12.2. The Morgan fingerprint density at radius 2 is 1.72 bits per heavy atom. The third-order valence-electron chi connectivity index (χ3n) is 5.87. The second kappa shape index (κ2) is 13.8. The molecular formula is C28H31N5O6. The summed E-state index contributed by atoms with van der Waals surface area (Å²) in [7, 11) is 0. The number of hydrogen-bond acceptors (Lipinski definition) is 8. The molecule has 8 N–H and O–H groups in total. The largest absolute Gasteiger partial charge is 0.480 e. The molecule has 0 aromatic heterocycles. The molecule has 11 heteroatoms. The van der Waals surface area contributed by atoms with Crippen molar-refractivity contribution in [3.63, 3.8) is 0 Å². The number of amides is 3. The van der Waals surface area contributed by atoms with E-state index in [1.165, 1.54) is 4.90 Å². The zero-order valence-electron chi connectivity index (χ0n) is 21.2. The molecule has 0 aliphatic carbocycles. The summed E-state index contributed by atoms with van der Waals surface area (Å²) in [6.07, 6.45) is 0.936. The van der Waals surface area contributed by atoms with Crippen LogP contribution >= 0.6 is 0 Å². The van der Waals surface area contributed by atoms with Crippen molar-refractivity contribution in [1.82, 2.24) is 5.32 Å². The molecule has 1 heterocycles. The average Bonchev–Trinajstić information content (AvgIpc) is 3.44. The maximum absolute atomic E-state index is 12.5. The fourth-order valence-electron chi connectivity index (χ4n) is 3.80. The molecule has 4 rings (SSSR count).